The van der Waals surface area contributed by atoms with Crippen molar-refractivity contribution in [1.82, 2.24) is 0 Å². The number of hydrogen-bond donors (Lipinski definition) is 0. The number of benzene rings is 1. The lowest BCUT2D eigenvalue weighted by Gasteiger charge is -2.28. The molecule has 0 unspecified atom stereocenters. The van der Waals surface area contributed by atoms with E-state index in [1.807, 2.05) is 0 Å². The van der Waals surface area contributed by atoms with Crippen LogP contribution in [0.1, 0.15) is 32.3 Å². The molecule has 2 rings (SSSR count). The number of anilines is 1. The Morgan fingerprint density at radius 3 is 2.56 bits per heavy atom. The van der Waals surface area contributed by atoms with Crippen molar-refractivity contribution in [3.63, 3.8) is 0 Å². The van der Waals surface area contributed by atoms with Crippen LogP contribution < -0.4 is 4.90 Å². The topological polar surface area (TPSA) is 3.24 Å². The summed E-state index contributed by atoms with van der Waals surface area (Å²) in [5, 5.41) is 0. The van der Waals surface area contributed by atoms with Gasteiger partial charge < -0.3 is 4.90 Å². The van der Waals surface area contributed by atoms with Crippen molar-refractivity contribution in [1.29, 1.82) is 0 Å². The van der Waals surface area contributed by atoms with Gasteiger partial charge in [0.05, 0.1) is 0 Å². The molecule has 1 saturated carbocycles. The van der Waals surface area contributed by atoms with E-state index in [2.05, 4.69) is 43.0 Å². The summed E-state index contributed by atoms with van der Waals surface area (Å²) in [5.74, 6) is 1.31. The van der Waals surface area contributed by atoms with Crippen molar-refractivity contribution in [3.8, 4) is 0 Å². The van der Waals surface area contributed by atoms with E-state index in [4.69, 9.17) is 11.6 Å². The van der Waals surface area contributed by atoms with Gasteiger partial charge in [-0.1, -0.05) is 32.0 Å². The van der Waals surface area contributed by atoms with Gasteiger partial charge in [0.1, 0.15) is 0 Å². The average molecular weight is 238 g/mol. The number of alkyl halides is 1. The molecule has 88 valence electrons. The molecule has 1 aromatic carbocycles. The molecule has 1 nitrogen and oxygen atoms in total. The fourth-order valence-corrected chi connectivity index (χ4v) is 2.35. The third-order valence-corrected chi connectivity index (χ3v) is 3.28. The van der Waals surface area contributed by atoms with Crippen LogP contribution in [0.4, 0.5) is 5.69 Å². The van der Waals surface area contributed by atoms with E-state index in [-0.39, 0.29) is 0 Å². The number of nitrogens with zero attached hydrogens (tertiary/aromatic N) is 1. The van der Waals surface area contributed by atoms with Crippen LogP contribution in [0.15, 0.2) is 24.3 Å². The minimum absolute atomic E-state index is 0.609. The minimum atomic E-state index is 0.609. The molecule has 1 aromatic rings. The second kappa shape index (κ2) is 5.09. The van der Waals surface area contributed by atoms with Crippen LogP contribution in [0.25, 0.3) is 0 Å². The smallest absolute Gasteiger partial charge is 0.0494 e. The first kappa shape index (κ1) is 11.8. The Bertz CT molecular complexity index is 344. The maximum atomic E-state index is 6.01. The number of halogens is 1. The molecular formula is C14H20ClN. The summed E-state index contributed by atoms with van der Waals surface area (Å²) in [6, 6.07) is 9.28. The van der Waals surface area contributed by atoms with Crippen molar-refractivity contribution >= 4 is 17.3 Å². The van der Waals surface area contributed by atoms with Crippen molar-refractivity contribution in [2.24, 2.45) is 5.92 Å². The molecule has 0 radical (unpaired) electrons. The van der Waals surface area contributed by atoms with E-state index in [1.165, 1.54) is 24.1 Å². The van der Waals surface area contributed by atoms with Crippen LogP contribution in [-0.4, -0.2) is 12.6 Å². The fraction of sp³-hybridized carbons (Fsp3) is 0.571. The number of rotatable bonds is 5. The summed E-state index contributed by atoms with van der Waals surface area (Å²) in [7, 11) is 0. The van der Waals surface area contributed by atoms with E-state index in [9.17, 15) is 0 Å². The Morgan fingerprint density at radius 1 is 1.31 bits per heavy atom. The number of para-hydroxylation sites is 1. The molecule has 16 heavy (non-hydrogen) atoms. The van der Waals surface area contributed by atoms with Crippen molar-refractivity contribution in [2.45, 2.75) is 38.6 Å². The maximum absolute atomic E-state index is 6.01. The van der Waals surface area contributed by atoms with E-state index >= 15 is 0 Å². The molecule has 0 spiro atoms. The van der Waals surface area contributed by atoms with Crippen molar-refractivity contribution in [2.75, 3.05) is 11.4 Å². The first-order chi connectivity index (χ1) is 7.72. The molecule has 2 heteroatoms. The van der Waals surface area contributed by atoms with Crippen LogP contribution in [0.5, 0.6) is 0 Å². The highest BCUT2D eigenvalue weighted by atomic mass is 35.5. The van der Waals surface area contributed by atoms with Gasteiger partial charge in [0, 0.05) is 24.2 Å². The highest BCUT2D eigenvalue weighted by Gasteiger charge is 2.30. The minimum Gasteiger partial charge on any atom is -0.368 e. The standard InChI is InChI=1S/C14H20ClN/c1-11(2)10-16(13-7-8-13)14-6-4-3-5-12(14)9-15/h3-6,11,13H,7-10H2,1-2H3. The molecule has 0 atom stereocenters. The van der Waals surface area contributed by atoms with Crippen molar-refractivity contribution in [3.05, 3.63) is 29.8 Å². The first-order valence-electron chi connectivity index (χ1n) is 6.13. The fourth-order valence-electron chi connectivity index (χ4n) is 2.13. The van der Waals surface area contributed by atoms with E-state index < -0.39 is 0 Å². The van der Waals surface area contributed by atoms with Gasteiger partial charge in [0.15, 0.2) is 0 Å². The molecule has 1 aliphatic rings. The maximum Gasteiger partial charge on any atom is 0.0494 e. The van der Waals surface area contributed by atoms with Crippen LogP contribution >= 0.6 is 11.6 Å². The zero-order valence-corrected chi connectivity index (χ0v) is 10.9. The summed E-state index contributed by atoms with van der Waals surface area (Å²) < 4.78 is 0. The molecule has 1 aliphatic carbocycles. The second-order valence-electron chi connectivity index (χ2n) is 5.04. The van der Waals surface area contributed by atoms with Gasteiger partial charge in [-0.2, -0.15) is 0 Å². The monoisotopic (exact) mass is 237 g/mol. The SMILES string of the molecule is CC(C)CN(c1ccccc1CCl)C1CC1. The van der Waals surface area contributed by atoms with Gasteiger partial charge >= 0.3 is 0 Å². The van der Waals surface area contributed by atoms with Gasteiger partial charge in [0.2, 0.25) is 0 Å². The Morgan fingerprint density at radius 2 is 2.00 bits per heavy atom. The summed E-state index contributed by atoms with van der Waals surface area (Å²) in [6.45, 7) is 5.69. The van der Waals surface area contributed by atoms with E-state index in [1.54, 1.807) is 0 Å². The summed E-state index contributed by atoms with van der Waals surface area (Å²) >= 11 is 6.01. The highest BCUT2D eigenvalue weighted by molar-refractivity contribution is 6.17. The molecule has 0 heterocycles. The molecular weight excluding hydrogens is 218 g/mol. The molecule has 0 amide bonds. The highest BCUT2D eigenvalue weighted by Crippen LogP contribution is 2.34. The van der Waals surface area contributed by atoms with Crippen LogP contribution in [0.2, 0.25) is 0 Å². The second-order valence-corrected chi connectivity index (χ2v) is 5.31. The van der Waals surface area contributed by atoms with Gasteiger partial charge in [-0.05, 0) is 30.4 Å². The molecule has 1 fully saturated rings. The van der Waals surface area contributed by atoms with Gasteiger partial charge in [-0.15, -0.1) is 11.6 Å². The van der Waals surface area contributed by atoms with E-state index in [0.717, 1.165) is 12.6 Å². The Balaban J connectivity index is 2.23. The average Bonchev–Trinajstić information content (AvgIpc) is 3.09. The van der Waals surface area contributed by atoms with Gasteiger partial charge in [-0.25, -0.2) is 0 Å². The Labute approximate surface area is 103 Å². The normalized spacial score (nSPS) is 15.5. The summed E-state index contributed by atoms with van der Waals surface area (Å²) in [4.78, 5) is 2.54. The van der Waals surface area contributed by atoms with E-state index in [0.29, 0.717) is 11.8 Å². The zero-order chi connectivity index (χ0) is 11.5. The van der Waals surface area contributed by atoms with Crippen LogP contribution in [0.3, 0.4) is 0 Å². The predicted molar refractivity (Wildman–Crippen MR) is 71.2 cm³/mol. The lowest BCUT2D eigenvalue weighted by atomic mass is 10.1. The zero-order valence-electron chi connectivity index (χ0n) is 10.1. The quantitative estimate of drug-likeness (QED) is 0.699. The lowest BCUT2D eigenvalue weighted by molar-refractivity contribution is 0.606. The summed E-state index contributed by atoms with van der Waals surface area (Å²) in [5.41, 5.74) is 2.60. The molecule has 0 aromatic heterocycles. The third-order valence-electron chi connectivity index (χ3n) is 2.99. The third kappa shape index (κ3) is 2.70. The van der Waals surface area contributed by atoms with Gasteiger partial charge in [0.25, 0.3) is 0 Å². The summed E-state index contributed by atoms with van der Waals surface area (Å²) in [6.07, 6.45) is 2.67. The molecule has 0 aliphatic heterocycles. The largest absolute Gasteiger partial charge is 0.368 e. The molecule has 0 bridgehead atoms. The Hall–Kier alpha value is -0.690. The van der Waals surface area contributed by atoms with Crippen molar-refractivity contribution < 1.29 is 0 Å². The molecule has 0 saturated heterocycles. The predicted octanol–water partition coefficient (Wildman–Crippen LogP) is 4.05. The van der Waals surface area contributed by atoms with Crippen LogP contribution in [-0.2, 0) is 5.88 Å². The van der Waals surface area contributed by atoms with Gasteiger partial charge in [-0.3, -0.25) is 0 Å². The lowest BCUT2D eigenvalue weighted by Crippen LogP contribution is -2.30. The number of hydrogen-bond acceptors (Lipinski definition) is 1. The first-order valence-corrected chi connectivity index (χ1v) is 6.66. The molecule has 0 N–H and O–H groups in total. The Kier molecular flexibility index (Phi) is 3.75. The van der Waals surface area contributed by atoms with Crippen LogP contribution in [0, 0.1) is 5.92 Å².